The molecule has 1 aromatic rings. The third-order valence-electron chi connectivity index (χ3n) is 1.81. The van der Waals surface area contributed by atoms with Crippen LogP contribution in [0.5, 0.6) is 0 Å². The minimum Gasteiger partial charge on any atom is -0.333 e. The smallest absolute Gasteiger partial charge is 0.317 e. The zero-order valence-corrected chi connectivity index (χ0v) is 7.57. The van der Waals surface area contributed by atoms with E-state index in [1.54, 1.807) is 0 Å². The summed E-state index contributed by atoms with van der Waals surface area (Å²) in [5.41, 5.74) is 0.388. The summed E-state index contributed by atoms with van der Waals surface area (Å²) in [5, 5.41) is 29.3. The average Bonchev–Trinajstić information content (AvgIpc) is 2.18. The zero-order valence-electron chi connectivity index (χ0n) is 7.57. The SMILES string of the molecule is O=[N+]([O-])c1ccc(CC(O)[N+](=O)[O-])cc1. The Morgan fingerprint density at radius 1 is 1.20 bits per heavy atom. The van der Waals surface area contributed by atoms with E-state index >= 15 is 0 Å². The molecule has 0 fully saturated rings. The Balaban J connectivity index is 2.72. The Morgan fingerprint density at radius 3 is 2.13 bits per heavy atom. The number of aliphatic hydroxyl groups excluding tert-OH is 1. The minimum atomic E-state index is -1.67. The highest BCUT2D eigenvalue weighted by molar-refractivity contribution is 5.32. The Bertz CT molecular complexity index is 375. The summed E-state index contributed by atoms with van der Waals surface area (Å²) in [6, 6.07) is 5.24. The van der Waals surface area contributed by atoms with E-state index in [0.29, 0.717) is 5.56 Å². The Morgan fingerprint density at radius 2 is 1.73 bits per heavy atom. The predicted molar refractivity (Wildman–Crippen MR) is 49.8 cm³/mol. The molecule has 0 spiro atoms. The normalized spacial score (nSPS) is 12.1. The molecule has 1 atom stereocenters. The highest BCUT2D eigenvalue weighted by atomic mass is 16.7. The van der Waals surface area contributed by atoms with E-state index in [1.165, 1.54) is 24.3 Å². The summed E-state index contributed by atoms with van der Waals surface area (Å²) in [6.07, 6.45) is -1.84. The van der Waals surface area contributed by atoms with Crippen molar-refractivity contribution in [2.75, 3.05) is 0 Å². The number of rotatable bonds is 4. The quantitative estimate of drug-likeness (QED) is 0.449. The van der Waals surface area contributed by atoms with E-state index in [-0.39, 0.29) is 12.1 Å². The molecule has 0 amide bonds. The Labute approximate surface area is 84.3 Å². The van der Waals surface area contributed by atoms with Crippen LogP contribution in [-0.4, -0.2) is 21.2 Å². The first-order valence-electron chi connectivity index (χ1n) is 4.05. The highest BCUT2D eigenvalue weighted by Gasteiger charge is 2.16. The summed E-state index contributed by atoms with van der Waals surface area (Å²) >= 11 is 0. The van der Waals surface area contributed by atoms with Crippen molar-refractivity contribution in [2.45, 2.75) is 12.6 Å². The maximum Gasteiger partial charge on any atom is 0.317 e. The van der Waals surface area contributed by atoms with Crippen molar-refractivity contribution in [1.29, 1.82) is 0 Å². The molecule has 1 aromatic carbocycles. The van der Waals surface area contributed by atoms with Gasteiger partial charge in [-0.15, -0.1) is 0 Å². The van der Waals surface area contributed by atoms with Crippen LogP contribution in [0.3, 0.4) is 0 Å². The van der Waals surface area contributed by atoms with Gasteiger partial charge in [0.1, 0.15) is 0 Å². The zero-order chi connectivity index (χ0) is 11.4. The van der Waals surface area contributed by atoms with Crippen LogP contribution in [0.2, 0.25) is 0 Å². The van der Waals surface area contributed by atoms with Crippen molar-refractivity contribution >= 4 is 5.69 Å². The molecular formula is C8H8N2O5. The van der Waals surface area contributed by atoms with Gasteiger partial charge in [0.2, 0.25) is 0 Å². The number of hydrogen-bond donors (Lipinski definition) is 1. The number of nitrogens with zero attached hydrogens (tertiary/aromatic N) is 2. The van der Waals surface area contributed by atoms with Crippen LogP contribution in [0, 0.1) is 20.2 Å². The minimum absolute atomic E-state index is 0.0886. The molecule has 0 aliphatic carbocycles. The lowest BCUT2D eigenvalue weighted by molar-refractivity contribution is -0.569. The molecule has 0 radical (unpaired) electrons. The van der Waals surface area contributed by atoms with Crippen LogP contribution >= 0.6 is 0 Å². The van der Waals surface area contributed by atoms with E-state index in [1.807, 2.05) is 0 Å². The predicted octanol–water partition coefficient (Wildman–Crippen LogP) is 0.732. The first-order valence-corrected chi connectivity index (χ1v) is 4.05. The molecule has 0 heterocycles. The number of hydrogen-bond acceptors (Lipinski definition) is 5. The lowest BCUT2D eigenvalue weighted by Crippen LogP contribution is -2.21. The van der Waals surface area contributed by atoms with Crippen LogP contribution < -0.4 is 0 Å². The fourth-order valence-corrected chi connectivity index (χ4v) is 1.04. The summed E-state index contributed by atoms with van der Waals surface area (Å²) in [6.45, 7) is 0. The van der Waals surface area contributed by atoms with Gasteiger partial charge in [-0.05, 0) is 5.56 Å². The second-order valence-corrected chi connectivity index (χ2v) is 2.89. The first-order chi connectivity index (χ1) is 7.00. The molecule has 0 saturated heterocycles. The summed E-state index contributed by atoms with van der Waals surface area (Å²) in [4.78, 5) is 19.0. The molecule has 7 heteroatoms. The standard InChI is InChI=1S/C8H8N2O5/c11-8(10(14)15)5-6-1-3-7(4-2-6)9(12)13/h1-4,8,11H,5H2. The van der Waals surface area contributed by atoms with Crippen LogP contribution in [0.25, 0.3) is 0 Å². The molecule has 0 saturated carbocycles. The highest BCUT2D eigenvalue weighted by Crippen LogP contribution is 2.13. The molecule has 0 aliphatic rings. The second-order valence-electron chi connectivity index (χ2n) is 2.89. The first kappa shape index (κ1) is 11.1. The fraction of sp³-hybridized carbons (Fsp3) is 0.250. The topological polar surface area (TPSA) is 107 Å². The van der Waals surface area contributed by atoms with Crippen LogP contribution in [-0.2, 0) is 6.42 Å². The van der Waals surface area contributed by atoms with Gasteiger partial charge < -0.3 is 5.11 Å². The van der Waals surface area contributed by atoms with Gasteiger partial charge in [0.25, 0.3) is 5.69 Å². The number of benzene rings is 1. The monoisotopic (exact) mass is 212 g/mol. The third-order valence-corrected chi connectivity index (χ3v) is 1.81. The van der Waals surface area contributed by atoms with Gasteiger partial charge in [0.15, 0.2) is 0 Å². The molecule has 1 N–H and O–H groups in total. The summed E-state index contributed by atoms with van der Waals surface area (Å²) in [7, 11) is 0. The largest absolute Gasteiger partial charge is 0.333 e. The van der Waals surface area contributed by atoms with Gasteiger partial charge in [-0.2, -0.15) is 0 Å². The molecule has 15 heavy (non-hydrogen) atoms. The number of nitro benzene ring substituents is 1. The molecule has 0 aliphatic heterocycles. The van der Waals surface area contributed by atoms with Crippen molar-refractivity contribution in [1.82, 2.24) is 0 Å². The van der Waals surface area contributed by atoms with Gasteiger partial charge in [-0.1, -0.05) is 12.1 Å². The van der Waals surface area contributed by atoms with E-state index in [2.05, 4.69) is 0 Å². The van der Waals surface area contributed by atoms with Gasteiger partial charge in [0.05, 0.1) is 16.3 Å². The number of non-ortho nitro benzene ring substituents is 1. The maximum atomic E-state index is 10.3. The lowest BCUT2D eigenvalue weighted by Gasteiger charge is -2.02. The summed E-state index contributed by atoms with van der Waals surface area (Å²) < 4.78 is 0. The van der Waals surface area contributed by atoms with Crippen molar-refractivity contribution in [3.8, 4) is 0 Å². The lowest BCUT2D eigenvalue weighted by atomic mass is 10.1. The van der Waals surface area contributed by atoms with Crippen LogP contribution in [0.15, 0.2) is 24.3 Å². The van der Waals surface area contributed by atoms with Gasteiger partial charge in [-0.3, -0.25) is 20.2 Å². The second kappa shape index (κ2) is 4.47. The third kappa shape index (κ3) is 2.99. The van der Waals surface area contributed by atoms with Crippen LogP contribution in [0.4, 0.5) is 5.69 Å². The number of nitro groups is 2. The van der Waals surface area contributed by atoms with E-state index < -0.39 is 16.1 Å². The van der Waals surface area contributed by atoms with Crippen molar-refractivity contribution in [3.05, 3.63) is 50.1 Å². The van der Waals surface area contributed by atoms with Crippen molar-refractivity contribution in [3.63, 3.8) is 0 Å². The molecule has 7 nitrogen and oxygen atoms in total. The average molecular weight is 212 g/mol. The van der Waals surface area contributed by atoms with Gasteiger partial charge in [0, 0.05) is 12.1 Å². The van der Waals surface area contributed by atoms with E-state index in [0.717, 1.165) is 0 Å². The van der Waals surface area contributed by atoms with Crippen molar-refractivity contribution in [2.24, 2.45) is 0 Å². The fourth-order valence-electron chi connectivity index (χ4n) is 1.04. The summed E-state index contributed by atoms with van der Waals surface area (Å²) in [5.74, 6) is 0. The molecule has 1 unspecified atom stereocenters. The number of aliphatic hydroxyl groups is 1. The molecular weight excluding hydrogens is 204 g/mol. The van der Waals surface area contributed by atoms with Gasteiger partial charge >= 0.3 is 6.23 Å². The van der Waals surface area contributed by atoms with Crippen molar-refractivity contribution < 1.29 is 15.0 Å². The molecule has 0 aromatic heterocycles. The van der Waals surface area contributed by atoms with Crippen LogP contribution in [0.1, 0.15) is 5.56 Å². The molecule has 0 bridgehead atoms. The molecule has 80 valence electrons. The molecule has 1 rings (SSSR count). The maximum absolute atomic E-state index is 10.3. The van der Waals surface area contributed by atoms with E-state index in [4.69, 9.17) is 5.11 Å². The van der Waals surface area contributed by atoms with Gasteiger partial charge in [-0.25, -0.2) is 0 Å². The Hall–Kier alpha value is -2.02. The Kier molecular flexibility index (Phi) is 3.29. The van der Waals surface area contributed by atoms with E-state index in [9.17, 15) is 20.2 Å².